The van der Waals surface area contributed by atoms with Gasteiger partial charge in [-0.2, -0.15) is 0 Å². The maximum atomic E-state index is 12.2. The molecule has 1 saturated heterocycles. The number of aromatic nitrogens is 3. The van der Waals surface area contributed by atoms with Gasteiger partial charge in [-0.1, -0.05) is 45.1 Å². The second-order valence-electron chi connectivity index (χ2n) is 10.6. The molecule has 1 saturated carbocycles. The highest BCUT2D eigenvalue weighted by atomic mass is 32.2. The molecule has 0 atom stereocenters. The molecule has 5 rings (SSSR count). The van der Waals surface area contributed by atoms with Gasteiger partial charge in [-0.15, -0.1) is 0 Å². The molecule has 12 heteroatoms. The third-order valence-corrected chi connectivity index (χ3v) is 6.98. The molecule has 2 N–H and O–H groups in total. The second-order valence-corrected chi connectivity index (χ2v) is 12.2. The van der Waals surface area contributed by atoms with Crippen LogP contribution in [0.5, 0.6) is 0 Å². The summed E-state index contributed by atoms with van der Waals surface area (Å²) < 4.78 is 25.7. The fourth-order valence-electron chi connectivity index (χ4n) is 4.96. The number of anilines is 1. The van der Waals surface area contributed by atoms with Gasteiger partial charge in [0.15, 0.2) is 6.61 Å². The normalized spacial score (nSPS) is 15.8. The Morgan fingerprint density at radius 3 is 2.27 bits per heavy atom. The van der Waals surface area contributed by atoms with E-state index in [1.165, 1.54) is 39.0 Å². The number of hydrogen-bond acceptors (Lipinski definition) is 8. The van der Waals surface area contributed by atoms with E-state index in [9.17, 15) is 18.0 Å². The van der Waals surface area contributed by atoms with E-state index in [4.69, 9.17) is 4.74 Å². The van der Waals surface area contributed by atoms with Crippen LogP contribution in [0.4, 0.5) is 5.69 Å². The number of ether oxygens (including phenoxy) is 1. The van der Waals surface area contributed by atoms with Crippen LogP contribution in [0.25, 0.3) is 16.7 Å². The molecule has 1 aliphatic carbocycles. The van der Waals surface area contributed by atoms with Gasteiger partial charge in [0, 0.05) is 56.6 Å². The first-order valence-electron chi connectivity index (χ1n) is 14.0. The molecule has 0 unspecified atom stereocenters. The van der Waals surface area contributed by atoms with Crippen LogP contribution < -0.4 is 10.0 Å². The van der Waals surface area contributed by atoms with Gasteiger partial charge in [0.25, 0.3) is 5.91 Å². The summed E-state index contributed by atoms with van der Waals surface area (Å²) >= 11 is 0. The highest BCUT2D eigenvalue weighted by molar-refractivity contribution is 7.88. The smallest absolute Gasteiger partial charge is 0.303 e. The third-order valence-electron chi connectivity index (χ3n) is 6.98. The first kappa shape index (κ1) is 32.0. The van der Waals surface area contributed by atoms with E-state index < -0.39 is 16.0 Å². The van der Waals surface area contributed by atoms with Crippen molar-refractivity contribution in [1.29, 1.82) is 0 Å². The molecule has 2 fully saturated rings. The maximum absolute atomic E-state index is 12.2. The molecule has 41 heavy (non-hydrogen) atoms. The van der Waals surface area contributed by atoms with Crippen molar-refractivity contribution >= 4 is 38.5 Å². The number of amides is 1. The summed E-state index contributed by atoms with van der Waals surface area (Å²) in [4.78, 5) is 35.8. The number of benzene rings is 1. The van der Waals surface area contributed by atoms with Crippen molar-refractivity contribution in [3.8, 4) is 5.82 Å². The summed E-state index contributed by atoms with van der Waals surface area (Å²) in [5.74, 6) is 2.02. The molecule has 0 radical (unpaired) electrons. The van der Waals surface area contributed by atoms with Crippen molar-refractivity contribution in [2.75, 3.05) is 43.9 Å². The van der Waals surface area contributed by atoms with Crippen LogP contribution in [0, 0.1) is 12.8 Å². The minimum absolute atomic E-state index is 0.150. The molecule has 2 aliphatic rings. The minimum atomic E-state index is -3.17. The number of nitrogens with two attached hydrogens (primary N) is 1. The van der Waals surface area contributed by atoms with Crippen molar-refractivity contribution in [1.82, 2.24) is 19.4 Å². The number of aryl methyl sites for hydroxylation is 1. The van der Waals surface area contributed by atoms with Gasteiger partial charge >= 0.3 is 5.97 Å². The average molecular weight is 587 g/mol. The van der Waals surface area contributed by atoms with Crippen molar-refractivity contribution < 1.29 is 22.7 Å². The quantitative estimate of drug-likeness (QED) is 0.459. The van der Waals surface area contributed by atoms with Crippen LogP contribution in [0.15, 0.2) is 42.7 Å². The summed E-state index contributed by atoms with van der Waals surface area (Å²) in [6.45, 7) is 8.00. The summed E-state index contributed by atoms with van der Waals surface area (Å²) in [5.41, 5.74) is 2.22. The molecule has 1 aliphatic heterocycles. The average Bonchev–Trinajstić information content (AvgIpc) is 3.36. The van der Waals surface area contributed by atoms with Crippen molar-refractivity contribution in [2.45, 2.75) is 52.9 Å². The zero-order valence-corrected chi connectivity index (χ0v) is 25.3. The lowest BCUT2D eigenvalue weighted by atomic mass is 9.91. The van der Waals surface area contributed by atoms with Crippen LogP contribution >= 0.6 is 0 Å². The monoisotopic (exact) mass is 586 g/mol. The van der Waals surface area contributed by atoms with E-state index in [1.54, 1.807) is 11.1 Å². The van der Waals surface area contributed by atoms with Gasteiger partial charge < -0.3 is 19.1 Å². The number of fused-ring (bicyclic) bond motifs is 1. The zero-order valence-electron chi connectivity index (χ0n) is 24.5. The number of sulfonamides is 1. The third kappa shape index (κ3) is 10.4. The zero-order chi connectivity index (χ0) is 30.0. The Morgan fingerprint density at radius 2 is 1.71 bits per heavy atom. The Morgan fingerprint density at radius 1 is 1.05 bits per heavy atom. The highest BCUT2D eigenvalue weighted by Crippen LogP contribution is 2.30. The molecule has 0 spiro atoms. The molecule has 11 nitrogen and oxygen atoms in total. The lowest BCUT2D eigenvalue weighted by Crippen LogP contribution is -2.49. The van der Waals surface area contributed by atoms with Crippen molar-refractivity contribution in [2.24, 2.45) is 11.1 Å². The van der Waals surface area contributed by atoms with Crippen LogP contribution in [-0.2, 0) is 24.3 Å². The molecular weight excluding hydrogens is 544 g/mol. The minimum Gasteiger partial charge on any atom is -0.456 e. The largest absolute Gasteiger partial charge is 0.456 e. The number of piperazine rings is 1. The van der Waals surface area contributed by atoms with Crippen LogP contribution in [0.2, 0.25) is 0 Å². The predicted octanol–water partition coefficient (Wildman–Crippen LogP) is 3.43. The summed E-state index contributed by atoms with van der Waals surface area (Å²) in [6, 6.07) is 10.2. The Bertz CT molecular complexity index is 1400. The van der Waals surface area contributed by atoms with Crippen molar-refractivity contribution in [3.63, 3.8) is 0 Å². The van der Waals surface area contributed by atoms with E-state index in [-0.39, 0.29) is 12.5 Å². The Labute approximate surface area is 242 Å². The first-order valence-corrected chi connectivity index (χ1v) is 15.9. The first-order chi connectivity index (χ1) is 19.4. The van der Waals surface area contributed by atoms with Gasteiger partial charge in [-0.05, 0) is 37.1 Å². The molecule has 0 bridgehead atoms. The number of esters is 1. The van der Waals surface area contributed by atoms with Gasteiger partial charge in [0.1, 0.15) is 11.6 Å². The van der Waals surface area contributed by atoms with Crippen molar-refractivity contribution in [3.05, 3.63) is 48.5 Å². The lowest BCUT2D eigenvalue weighted by molar-refractivity contribution is -0.150. The number of nitrogens with zero attached hydrogens (tertiary/aromatic N) is 5. The number of rotatable bonds is 4. The number of carbonyl (C=O) groups excluding carboxylic acids is 2. The SMILES string of the molecule is CC(=O)OCC(=O)N1CCN(c2cccc3c2ccn3-c2ccnc(C)n2)CC1.CC1CCCCC1.CS(N)(=O)=O. The van der Waals surface area contributed by atoms with Gasteiger partial charge in [0.05, 0.1) is 11.8 Å². The predicted molar refractivity (Wildman–Crippen MR) is 160 cm³/mol. The number of carbonyl (C=O) groups is 2. The molecule has 3 aromatic rings. The van der Waals surface area contributed by atoms with Gasteiger partial charge in [-0.3, -0.25) is 9.59 Å². The summed E-state index contributed by atoms with van der Waals surface area (Å²) in [6.07, 6.45) is 12.2. The lowest BCUT2D eigenvalue weighted by Gasteiger charge is -2.36. The maximum Gasteiger partial charge on any atom is 0.303 e. The molecular formula is C29H42N6O5S. The Kier molecular flexibility index (Phi) is 11.7. The standard InChI is InChI=1S/C21H23N5O3.C7H14.CH5NO2S/c1-15-22-8-6-20(23-15)26-9-7-17-18(4-3-5-19(17)26)24-10-12-25(13-11-24)21(28)14-29-16(2)27;1-7-5-3-2-4-6-7;1-5(2,3)4/h3-9H,10-14H2,1-2H3;7H,2-6H2,1H3;1H3,(H2,2,3,4). The highest BCUT2D eigenvalue weighted by Gasteiger charge is 2.23. The second kappa shape index (κ2) is 14.9. The molecule has 2 aromatic heterocycles. The fraction of sp³-hybridized carbons (Fsp3) is 0.517. The molecule has 224 valence electrons. The number of primary sulfonamides is 1. The van der Waals surface area contributed by atoms with E-state index in [2.05, 4.69) is 49.7 Å². The molecule has 3 heterocycles. The number of hydrogen-bond donors (Lipinski definition) is 1. The molecule has 1 aromatic carbocycles. The van der Waals surface area contributed by atoms with E-state index in [1.807, 2.05) is 25.3 Å². The Balaban J connectivity index is 0.000000321. The van der Waals surface area contributed by atoms with E-state index in [0.29, 0.717) is 13.1 Å². The fourth-order valence-corrected chi connectivity index (χ4v) is 4.96. The van der Waals surface area contributed by atoms with Crippen LogP contribution in [0.1, 0.15) is 51.8 Å². The topological polar surface area (TPSA) is 141 Å². The molecule has 1 amide bonds. The summed E-state index contributed by atoms with van der Waals surface area (Å²) in [7, 11) is -3.17. The van der Waals surface area contributed by atoms with Crippen LogP contribution in [-0.4, -0.2) is 78.8 Å². The van der Waals surface area contributed by atoms with Gasteiger partial charge in [0.2, 0.25) is 10.0 Å². The van der Waals surface area contributed by atoms with E-state index >= 15 is 0 Å². The summed E-state index contributed by atoms with van der Waals surface area (Å²) in [5, 5.41) is 5.47. The van der Waals surface area contributed by atoms with E-state index in [0.717, 1.165) is 53.5 Å². The Hall–Kier alpha value is -3.51. The van der Waals surface area contributed by atoms with Gasteiger partial charge in [-0.25, -0.2) is 23.5 Å². The van der Waals surface area contributed by atoms with Crippen LogP contribution in [0.3, 0.4) is 0 Å².